The van der Waals surface area contributed by atoms with Gasteiger partial charge in [-0.1, -0.05) is 19.9 Å². The average Bonchev–Trinajstić information content (AvgIpc) is 2.36. The van der Waals surface area contributed by atoms with E-state index in [-0.39, 0.29) is 0 Å². The normalized spacial score (nSPS) is 11.4. The Balaban J connectivity index is 2.51. The molecule has 0 saturated carbocycles. The fourth-order valence-electron chi connectivity index (χ4n) is 1.81. The van der Waals surface area contributed by atoms with E-state index < -0.39 is 11.4 Å². The molecule has 0 aliphatic carbocycles. The monoisotopic (exact) mass is 236 g/mol. The summed E-state index contributed by atoms with van der Waals surface area (Å²) in [5.41, 5.74) is 0.272. The lowest BCUT2D eigenvalue weighted by Gasteiger charge is -2.26. The molecule has 0 fully saturated rings. The Morgan fingerprint density at radius 3 is 2.59 bits per heavy atom. The summed E-state index contributed by atoms with van der Waals surface area (Å²) >= 11 is 0. The molecule has 17 heavy (non-hydrogen) atoms. The number of aliphatic carboxylic acids is 1. The summed E-state index contributed by atoms with van der Waals surface area (Å²) in [5, 5.41) is 12.4. The Kier molecular flexibility index (Phi) is 5.10. The Morgan fingerprint density at radius 2 is 2.12 bits per heavy atom. The van der Waals surface area contributed by atoms with Crippen LogP contribution in [0.1, 0.15) is 32.4 Å². The maximum Gasteiger partial charge on any atom is 0.310 e. The van der Waals surface area contributed by atoms with Crippen molar-refractivity contribution < 1.29 is 9.90 Å². The number of carboxylic acids is 1. The molecule has 0 atom stereocenters. The first-order valence-electron chi connectivity index (χ1n) is 5.98. The highest BCUT2D eigenvalue weighted by molar-refractivity contribution is 5.74. The molecular formula is C13H20N2O2. The third-order valence-electron chi connectivity index (χ3n) is 3.30. The molecule has 0 amide bonds. The first-order valence-corrected chi connectivity index (χ1v) is 5.98. The van der Waals surface area contributed by atoms with Gasteiger partial charge in [0.05, 0.1) is 11.1 Å². The van der Waals surface area contributed by atoms with Gasteiger partial charge in [-0.2, -0.15) is 0 Å². The van der Waals surface area contributed by atoms with E-state index in [0.717, 1.165) is 5.69 Å². The second kappa shape index (κ2) is 6.35. The van der Waals surface area contributed by atoms with Crippen LogP contribution in [0.5, 0.6) is 0 Å². The summed E-state index contributed by atoms with van der Waals surface area (Å²) in [6.07, 6.45) is 3.00. The van der Waals surface area contributed by atoms with Crippen LogP contribution in [-0.4, -0.2) is 22.6 Å². The lowest BCUT2D eigenvalue weighted by Crippen LogP contribution is -2.40. The lowest BCUT2D eigenvalue weighted by atomic mass is 9.82. The summed E-state index contributed by atoms with van der Waals surface area (Å²) < 4.78 is 0. The van der Waals surface area contributed by atoms with Crippen molar-refractivity contribution in [1.29, 1.82) is 0 Å². The summed E-state index contributed by atoms with van der Waals surface area (Å²) in [7, 11) is 0. The van der Waals surface area contributed by atoms with Gasteiger partial charge in [-0.25, -0.2) is 0 Å². The van der Waals surface area contributed by atoms with Crippen LogP contribution in [-0.2, 0) is 11.3 Å². The zero-order chi connectivity index (χ0) is 12.7. The molecule has 1 aromatic heterocycles. The fraction of sp³-hybridized carbons (Fsp3) is 0.538. The molecule has 1 heterocycles. The Morgan fingerprint density at radius 1 is 1.41 bits per heavy atom. The maximum absolute atomic E-state index is 11.3. The maximum atomic E-state index is 11.3. The van der Waals surface area contributed by atoms with Crippen molar-refractivity contribution in [2.24, 2.45) is 5.41 Å². The molecule has 0 bridgehead atoms. The number of nitrogens with zero attached hydrogens (tertiary/aromatic N) is 1. The van der Waals surface area contributed by atoms with Gasteiger partial charge in [0, 0.05) is 19.3 Å². The average molecular weight is 236 g/mol. The number of aromatic nitrogens is 1. The molecule has 1 rings (SSSR count). The number of carboxylic acid groups (broad SMARTS) is 1. The molecule has 0 aromatic carbocycles. The molecule has 0 radical (unpaired) electrons. The highest BCUT2D eigenvalue weighted by Gasteiger charge is 2.34. The molecular weight excluding hydrogens is 216 g/mol. The number of rotatable bonds is 7. The molecule has 94 valence electrons. The lowest BCUT2D eigenvalue weighted by molar-refractivity contribution is -0.149. The van der Waals surface area contributed by atoms with Gasteiger partial charge in [-0.15, -0.1) is 0 Å². The van der Waals surface area contributed by atoms with Crippen LogP contribution in [0.4, 0.5) is 0 Å². The molecule has 0 unspecified atom stereocenters. The van der Waals surface area contributed by atoms with E-state index in [1.807, 2.05) is 32.0 Å². The summed E-state index contributed by atoms with van der Waals surface area (Å²) in [5.74, 6) is -0.726. The number of carbonyl (C=O) groups is 1. The second-order valence-electron chi connectivity index (χ2n) is 4.22. The van der Waals surface area contributed by atoms with Gasteiger partial charge < -0.3 is 10.4 Å². The minimum absolute atomic E-state index is 0.478. The van der Waals surface area contributed by atoms with Gasteiger partial charge in [0.1, 0.15) is 0 Å². The van der Waals surface area contributed by atoms with Crippen LogP contribution < -0.4 is 5.32 Å². The first-order chi connectivity index (χ1) is 8.14. The van der Waals surface area contributed by atoms with Gasteiger partial charge in [0.25, 0.3) is 0 Å². The smallest absolute Gasteiger partial charge is 0.310 e. The van der Waals surface area contributed by atoms with Crippen molar-refractivity contribution in [1.82, 2.24) is 10.3 Å². The minimum atomic E-state index is -0.726. The van der Waals surface area contributed by atoms with E-state index in [4.69, 9.17) is 0 Å². The zero-order valence-corrected chi connectivity index (χ0v) is 10.4. The van der Waals surface area contributed by atoms with E-state index in [1.54, 1.807) is 6.20 Å². The molecule has 0 aliphatic heterocycles. The molecule has 2 N–H and O–H groups in total. The van der Waals surface area contributed by atoms with Crippen LogP contribution in [0.15, 0.2) is 24.4 Å². The summed E-state index contributed by atoms with van der Waals surface area (Å²) in [4.78, 5) is 15.5. The quantitative estimate of drug-likeness (QED) is 0.760. The zero-order valence-electron chi connectivity index (χ0n) is 10.4. The van der Waals surface area contributed by atoms with Gasteiger partial charge in [-0.3, -0.25) is 9.78 Å². The largest absolute Gasteiger partial charge is 0.481 e. The minimum Gasteiger partial charge on any atom is -0.481 e. The van der Waals surface area contributed by atoms with Crippen molar-refractivity contribution in [3.05, 3.63) is 30.1 Å². The fourth-order valence-corrected chi connectivity index (χ4v) is 1.81. The third-order valence-corrected chi connectivity index (χ3v) is 3.30. The predicted molar refractivity (Wildman–Crippen MR) is 66.6 cm³/mol. The van der Waals surface area contributed by atoms with Crippen LogP contribution in [0, 0.1) is 5.41 Å². The standard InChI is InChI=1S/C13H20N2O2/c1-3-13(4-2,12(16)17)10-14-9-11-7-5-6-8-15-11/h5-8,14H,3-4,9-10H2,1-2H3,(H,16,17). The van der Waals surface area contributed by atoms with Crippen LogP contribution in [0.3, 0.4) is 0 Å². The van der Waals surface area contributed by atoms with E-state index in [0.29, 0.717) is 25.9 Å². The number of hydrogen-bond donors (Lipinski definition) is 2. The Hall–Kier alpha value is -1.42. The van der Waals surface area contributed by atoms with E-state index in [9.17, 15) is 9.90 Å². The van der Waals surface area contributed by atoms with Crippen molar-refractivity contribution in [3.8, 4) is 0 Å². The molecule has 4 nitrogen and oxygen atoms in total. The topological polar surface area (TPSA) is 62.2 Å². The van der Waals surface area contributed by atoms with Gasteiger partial charge in [0.2, 0.25) is 0 Å². The highest BCUT2D eigenvalue weighted by Crippen LogP contribution is 2.25. The third kappa shape index (κ3) is 3.53. The van der Waals surface area contributed by atoms with Crippen molar-refractivity contribution in [2.75, 3.05) is 6.54 Å². The van der Waals surface area contributed by atoms with Gasteiger partial charge in [0.15, 0.2) is 0 Å². The van der Waals surface area contributed by atoms with E-state index in [2.05, 4.69) is 10.3 Å². The summed E-state index contributed by atoms with van der Waals surface area (Å²) in [6, 6.07) is 5.71. The van der Waals surface area contributed by atoms with Crippen LogP contribution >= 0.6 is 0 Å². The van der Waals surface area contributed by atoms with E-state index in [1.165, 1.54) is 0 Å². The van der Waals surface area contributed by atoms with Crippen LogP contribution in [0.2, 0.25) is 0 Å². The molecule has 1 aromatic rings. The van der Waals surface area contributed by atoms with Crippen molar-refractivity contribution >= 4 is 5.97 Å². The molecule has 0 aliphatic rings. The number of nitrogens with one attached hydrogen (secondary N) is 1. The summed E-state index contributed by atoms with van der Waals surface area (Å²) in [6.45, 7) is 4.92. The van der Waals surface area contributed by atoms with Crippen LogP contribution in [0.25, 0.3) is 0 Å². The van der Waals surface area contributed by atoms with Gasteiger partial charge in [-0.05, 0) is 25.0 Å². The first kappa shape index (κ1) is 13.6. The van der Waals surface area contributed by atoms with Crippen molar-refractivity contribution in [3.63, 3.8) is 0 Å². The van der Waals surface area contributed by atoms with Gasteiger partial charge >= 0.3 is 5.97 Å². The Bertz CT molecular complexity index is 348. The van der Waals surface area contributed by atoms with E-state index >= 15 is 0 Å². The predicted octanol–water partition coefficient (Wildman–Crippen LogP) is 2.06. The second-order valence-corrected chi connectivity index (χ2v) is 4.22. The molecule has 0 saturated heterocycles. The SMILES string of the molecule is CCC(CC)(CNCc1ccccn1)C(=O)O. The van der Waals surface area contributed by atoms with Crippen molar-refractivity contribution in [2.45, 2.75) is 33.2 Å². The molecule has 4 heteroatoms. The number of pyridine rings is 1. The molecule has 0 spiro atoms. The highest BCUT2D eigenvalue weighted by atomic mass is 16.4. The Labute approximate surface area is 102 Å². The number of hydrogen-bond acceptors (Lipinski definition) is 3.